The fourth-order valence-electron chi connectivity index (χ4n) is 3.28. The van der Waals surface area contributed by atoms with Crippen LogP contribution < -0.4 is 15.5 Å². The summed E-state index contributed by atoms with van der Waals surface area (Å²) in [4.78, 5) is 21.0. The molecule has 1 saturated heterocycles. The van der Waals surface area contributed by atoms with Crippen LogP contribution in [-0.4, -0.2) is 76.3 Å². The Bertz CT molecular complexity index is 640. The zero-order chi connectivity index (χ0) is 20.6. The van der Waals surface area contributed by atoms with Crippen molar-refractivity contribution in [3.63, 3.8) is 0 Å². The molecule has 1 fully saturated rings. The van der Waals surface area contributed by atoms with E-state index in [2.05, 4.69) is 53.4 Å². The number of nitrogens with zero attached hydrogens (tertiary/aromatic N) is 3. The number of halogens is 1. The summed E-state index contributed by atoms with van der Waals surface area (Å²) >= 11 is 0. The van der Waals surface area contributed by atoms with E-state index in [-0.39, 0.29) is 47.9 Å². The molecule has 29 heavy (non-hydrogen) atoms. The topological polar surface area (TPSA) is 69.2 Å². The lowest BCUT2D eigenvalue weighted by molar-refractivity contribution is -0.130. The minimum atomic E-state index is 0. The van der Waals surface area contributed by atoms with Crippen molar-refractivity contribution in [2.45, 2.75) is 26.9 Å². The highest BCUT2D eigenvalue weighted by Gasteiger charge is 2.25. The molecule has 2 rings (SSSR count). The van der Waals surface area contributed by atoms with E-state index < -0.39 is 0 Å². The van der Waals surface area contributed by atoms with E-state index in [1.165, 1.54) is 5.69 Å². The molecule has 0 aliphatic carbocycles. The molecule has 0 aromatic heterocycles. The molecular weight excluding hydrogens is 481 g/mol. The van der Waals surface area contributed by atoms with E-state index in [0.29, 0.717) is 12.5 Å². The standard InChI is InChI=1S/C21H35N5O2.HI/c1-21(2,3)18(28-5)15-23-20(22-4)24-16-19(27)26-13-11-25(12-14-26)17-9-7-6-8-10-17;/h6-10,18H,11-16H2,1-5H3,(H2,22,23,24);1H. The number of hydrogen-bond acceptors (Lipinski definition) is 4. The number of carbonyl (C=O) groups excluding carboxylic acids is 1. The monoisotopic (exact) mass is 517 g/mol. The van der Waals surface area contributed by atoms with Crippen molar-refractivity contribution in [3.05, 3.63) is 30.3 Å². The molecule has 1 heterocycles. The number of hydrogen-bond donors (Lipinski definition) is 2. The van der Waals surface area contributed by atoms with Gasteiger partial charge in [0.25, 0.3) is 0 Å². The molecule has 1 amide bonds. The third-order valence-electron chi connectivity index (χ3n) is 5.09. The van der Waals surface area contributed by atoms with Crippen molar-refractivity contribution in [2.75, 3.05) is 58.3 Å². The second-order valence-corrected chi connectivity index (χ2v) is 8.10. The molecule has 0 spiro atoms. The number of rotatable bonds is 6. The second kappa shape index (κ2) is 12.2. The lowest BCUT2D eigenvalue weighted by Crippen LogP contribution is -2.52. The molecule has 1 unspecified atom stereocenters. The normalized spacial score (nSPS) is 16.1. The second-order valence-electron chi connectivity index (χ2n) is 8.10. The maximum absolute atomic E-state index is 12.6. The van der Waals surface area contributed by atoms with Crippen molar-refractivity contribution < 1.29 is 9.53 Å². The van der Waals surface area contributed by atoms with Crippen molar-refractivity contribution in [2.24, 2.45) is 10.4 Å². The minimum Gasteiger partial charge on any atom is -0.379 e. The lowest BCUT2D eigenvalue weighted by Gasteiger charge is -2.36. The highest BCUT2D eigenvalue weighted by Crippen LogP contribution is 2.20. The zero-order valence-electron chi connectivity index (χ0n) is 18.3. The fraction of sp³-hybridized carbons (Fsp3) is 0.619. The molecule has 2 N–H and O–H groups in total. The number of ether oxygens (including phenoxy) is 1. The summed E-state index contributed by atoms with van der Waals surface area (Å²) in [6.45, 7) is 10.4. The summed E-state index contributed by atoms with van der Waals surface area (Å²) in [6.07, 6.45) is 0.0489. The van der Waals surface area contributed by atoms with Gasteiger partial charge in [-0.1, -0.05) is 39.0 Å². The highest BCUT2D eigenvalue weighted by atomic mass is 127. The van der Waals surface area contributed by atoms with Gasteiger partial charge in [-0.15, -0.1) is 24.0 Å². The minimum absolute atomic E-state index is 0. The van der Waals surface area contributed by atoms with Gasteiger partial charge in [-0.05, 0) is 17.5 Å². The smallest absolute Gasteiger partial charge is 0.242 e. The fourth-order valence-corrected chi connectivity index (χ4v) is 3.28. The average molecular weight is 517 g/mol. The zero-order valence-corrected chi connectivity index (χ0v) is 20.6. The Kier molecular flexibility index (Phi) is 10.7. The first kappa shape index (κ1) is 25.5. The quantitative estimate of drug-likeness (QED) is 0.344. The van der Waals surface area contributed by atoms with Gasteiger partial charge in [0.1, 0.15) is 0 Å². The van der Waals surface area contributed by atoms with Crippen LogP contribution >= 0.6 is 24.0 Å². The molecule has 7 nitrogen and oxygen atoms in total. The van der Waals surface area contributed by atoms with E-state index in [0.717, 1.165) is 26.2 Å². The Morgan fingerprint density at radius 2 is 1.76 bits per heavy atom. The summed E-state index contributed by atoms with van der Waals surface area (Å²) in [6, 6.07) is 10.3. The average Bonchev–Trinajstić information content (AvgIpc) is 2.70. The van der Waals surface area contributed by atoms with Crippen molar-refractivity contribution >= 4 is 41.5 Å². The van der Waals surface area contributed by atoms with Crippen molar-refractivity contribution in [3.8, 4) is 0 Å². The molecule has 0 saturated carbocycles. The van der Waals surface area contributed by atoms with Crippen LogP contribution in [0.25, 0.3) is 0 Å². The summed E-state index contributed by atoms with van der Waals surface area (Å²) < 4.78 is 5.55. The maximum Gasteiger partial charge on any atom is 0.242 e. The summed E-state index contributed by atoms with van der Waals surface area (Å²) in [5, 5.41) is 6.37. The van der Waals surface area contributed by atoms with Gasteiger partial charge in [0.05, 0.1) is 12.6 Å². The van der Waals surface area contributed by atoms with Gasteiger partial charge < -0.3 is 25.2 Å². The van der Waals surface area contributed by atoms with Crippen LogP contribution in [-0.2, 0) is 9.53 Å². The van der Waals surface area contributed by atoms with E-state index in [9.17, 15) is 4.79 Å². The van der Waals surface area contributed by atoms with Gasteiger partial charge in [-0.3, -0.25) is 9.79 Å². The number of amides is 1. The molecule has 1 aliphatic rings. The van der Waals surface area contributed by atoms with Crippen LogP contribution in [0.1, 0.15) is 20.8 Å². The first-order chi connectivity index (χ1) is 13.3. The van der Waals surface area contributed by atoms with E-state index in [4.69, 9.17) is 4.74 Å². The van der Waals surface area contributed by atoms with E-state index in [1.807, 2.05) is 23.1 Å². The van der Waals surface area contributed by atoms with Gasteiger partial charge in [0, 0.05) is 52.6 Å². The number of piperazine rings is 1. The predicted octanol–water partition coefficient (Wildman–Crippen LogP) is 2.18. The molecule has 1 aromatic rings. The molecule has 1 aliphatic heterocycles. The molecule has 8 heteroatoms. The Hall–Kier alpha value is -1.55. The van der Waals surface area contributed by atoms with Gasteiger partial charge in [-0.2, -0.15) is 0 Å². The SMILES string of the molecule is CN=C(NCC(=O)N1CCN(c2ccccc2)CC1)NCC(OC)C(C)(C)C.I. The molecule has 1 aromatic carbocycles. The summed E-state index contributed by atoms with van der Waals surface area (Å²) in [5.41, 5.74) is 1.23. The van der Waals surface area contributed by atoms with Crippen molar-refractivity contribution in [1.82, 2.24) is 15.5 Å². The number of guanidine groups is 1. The predicted molar refractivity (Wildman–Crippen MR) is 130 cm³/mol. The van der Waals surface area contributed by atoms with Crippen molar-refractivity contribution in [1.29, 1.82) is 0 Å². The van der Waals surface area contributed by atoms with Gasteiger partial charge in [0.2, 0.25) is 5.91 Å². The molecule has 1 atom stereocenters. The number of aliphatic imine (C=N–C) groups is 1. The number of methoxy groups -OCH3 is 1. The third-order valence-corrected chi connectivity index (χ3v) is 5.09. The van der Waals surface area contributed by atoms with Crippen LogP contribution in [0.3, 0.4) is 0 Å². The van der Waals surface area contributed by atoms with E-state index >= 15 is 0 Å². The van der Waals surface area contributed by atoms with Crippen LogP contribution in [0.15, 0.2) is 35.3 Å². The number of nitrogens with one attached hydrogen (secondary N) is 2. The number of carbonyl (C=O) groups is 1. The van der Waals surface area contributed by atoms with Crippen LogP contribution in [0.5, 0.6) is 0 Å². The van der Waals surface area contributed by atoms with Crippen LogP contribution in [0.4, 0.5) is 5.69 Å². The third kappa shape index (κ3) is 8.00. The Morgan fingerprint density at radius 1 is 1.14 bits per heavy atom. The van der Waals surface area contributed by atoms with Crippen LogP contribution in [0.2, 0.25) is 0 Å². The maximum atomic E-state index is 12.6. The van der Waals surface area contributed by atoms with Gasteiger partial charge in [0.15, 0.2) is 5.96 Å². The number of anilines is 1. The largest absolute Gasteiger partial charge is 0.379 e. The molecule has 0 bridgehead atoms. The molecule has 0 radical (unpaired) electrons. The van der Waals surface area contributed by atoms with Crippen LogP contribution in [0, 0.1) is 5.41 Å². The highest BCUT2D eigenvalue weighted by molar-refractivity contribution is 14.0. The van der Waals surface area contributed by atoms with Gasteiger partial charge >= 0.3 is 0 Å². The lowest BCUT2D eigenvalue weighted by atomic mass is 9.89. The first-order valence-electron chi connectivity index (χ1n) is 9.90. The Balaban J connectivity index is 0.00000420. The molecule has 164 valence electrons. The Labute approximate surface area is 192 Å². The first-order valence-corrected chi connectivity index (χ1v) is 9.90. The molecular formula is C21H36IN5O2. The van der Waals surface area contributed by atoms with Gasteiger partial charge in [-0.25, -0.2) is 0 Å². The number of benzene rings is 1. The summed E-state index contributed by atoms with van der Waals surface area (Å²) in [7, 11) is 3.42. The van der Waals surface area contributed by atoms with E-state index in [1.54, 1.807) is 14.2 Å². The Morgan fingerprint density at radius 3 is 2.28 bits per heavy atom. The number of para-hydroxylation sites is 1. The summed E-state index contributed by atoms with van der Waals surface area (Å²) in [5.74, 6) is 0.706.